The molecule has 0 aliphatic rings. The van der Waals surface area contributed by atoms with Crippen molar-refractivity contribution in [2.24, 2.45) is 5.10 Å². The van der Waals surface area contributed by atoms with Crippen LogP contribution < -0.4 is 10.7 Å². The van der Waals surface area contributed by atoms with Gasteiger partial charge in [0.15, 0.2) is 0 Å². The molecule has 0 atom stereocenters. The van der Waals surface area contributed by atoms with Crippen LogP contribution in [0.25, 0.3) is 16.9 Å². The third kappa shape index (κ3) is 11.5. The zero-order chi connectivity index (χ0) is 28.4. The summed E-state index contributed by atoms with van der Waals surface area (Å²) in [6, 6.07) is 17.7. The summed E-state index contributed by atoms with van der Waals surface area (Å²) in [5.74, 6) is -0.471. The standard InChI is InChI=1S/C32H42BrN5O2/c1-2-3-4-5-6-7-8-9-10-11-15-18-30(39)34-24-31(40)36-35-23-27-25-38(29-16-13-12-14-17-29)37-32(27)26-19-21-28(33)22-20-26/h12-14,16-17,19-23,25H,2-11,15,18,24H2,1H3,(H,34,39)(H,36,40)/b35-23-. The molecule has 214 valence electrons. The average molecular weight is 609 g/mol. The molecule has 0 fully saturated rings. The van der Waals surface area contributed by atoms with E-state index in [1.807, 2.05) is 60.8 Å². The number of carbonyl (C=O) groups excluding carboxylic acids is 2. The SMILES string of the molecule is CCCCCCCCCCCCCC(=O)NCC(=O)N/N=C\c1cn(-c2ccccc2)nc1-c1ccc(Br)cc1. The highest BCUT2D eigenvalue weighted by atomic mass is 79.9. The molecule has 0 bridgehead atoms. The zero-order valence-corrected chi connectivity index (χ0v) is 25.2. The number of amides is 2. The molecule has 2 N–H and O–H groups in total. The fourth-order valence-corrected chi connectivity index (χ4v) is 4.72. The van der Waals surface area contributed by atoms with Gasteiger partial charge in [-0.2, -0.15) is 10.2 Å². The highest BCUT2D eigenvalue weighted by Crippen LogP contribution is 2.24. The van der Waals surface area contributed by atoms with Crippen LogP contribution in [0.5, 0.6) is 0 Å². The van der Waals surface area contributed by atoms with E-state index in [9.17, 15) is 9.59 Å². The molecule has 2 amide bonds. The molecule has 2 aromatic carbocycles. The summed E-state index contributed by atoms with van der Waals surface area (Å²) < 4.78 is 2.77. The van der Waals surface area contributed by atoms with E-state index in [0.29, 0.717) is 6.42 Å². The molecule has 3 rings (SSSR count). The minimum absolute atomic E-state index is 0.100. The molecule has 3 aromatic rings. The Morgan fingerprint density at radius 3 is 2.12 bits per heavy atom. The Labute approximate surface area is 247 Å². The second kappa shape index (κ2) is 18.2. The monoisotopic (exact) mass is 607 g/mol. The van der Waals surface area contributed by atoms with E-state index in [0.717, 1.165) is 39.8 Å². The molecule has 0 spiro atoms. The van der Waals surface area contributed by atoms with Gasteiger partial charge in [-0.1, -0.05) is 117 Å². The van der Waals surface area contributed by atoms with Crippen LogP contribution in [0.4, 0.5) is 0 Å². The van der Waals surface area contributed by atoms with Crippen molar-refractivity contribution in [2.75, 3.05) is 6.54 Å². The molecule has 0 unspecified atom stereocenters. The number of para-hydroxylation sites is 1. The van der Waals surface area contributed by atoms with Gasteiger partial charge in [0.05, 0.1) is 18.4 Å². The number of nitrogens with zero attached hydrogens (tertiary/aromatic N) is 3. The van der Waals surface area contributed by atoms with Gasteiger partial charge in [-0.05, 0) is 30.7 Å². The number of hydrogen-bond acceptors (Lipinski definition) is 4. The lowest BCUT2D eigenvalue weighted by molar-refractivity contribution is -0.126. The maximum absolute atomic E-state index is 12.3. The van der Waals surface area contributed by atoms with Crippen molar-refractivity contribution in [2.45, 2.75) is 84.0 Å². The van der Waals surface area contributed by atoms with Crippen molar-refractivity contribution in [1.29, 1.82) is 0 Å². The van der Waals surface area contributed by atoms with Crippen molar-refractivity contribution in [3.63, 3.8) is 0 Å². The zero-order valence-electron chi connectivity index (χ0n) is 23.6. The van der Waals surface area contributed by atoms with Gasteiger partial charge in [0, 0.05) is 28.2 Å². The van der Waals surface area contributed by atoms with Crippen molar-refractivity contribution in [3.8, 4) is 16.9 Å². The summed E-state index contributed by atoms with van der Waals surface area (Å²) in [5, 5.41) is 11.6. The second-order valence-corrected chi connectivity index (χ2v) is 11.0. The molecule has 8 heteroatoms. The minimum atomic E-state index is -0.371. The molecular weight excluding hydrogens is 566 g/mol. The van der Waals surface area contributed by atoms with Gasteiger partial charge < -0.3 is 5.32 Å². The first-order valence-corrected chi connectivity index (χ1v) is 15.4. The highest BCUT2D eigenvalue weighted by Gasteiger charge is 2.12. The predicted molar refractivity (Wildman–Crippen MR) is 167 cm³/mol. The molecule has 1 aromatic heterocycles. The number of hydrazone groups is 1. The van der Waals surface area contributed by atoms with E-state index in [1.165, 1.54) is 57.8 Å². The van der Waals surface area contributed by atoms with Crippen molar-refractivity contribution < 1.29 is 9.59 Å². The third-order valence-electron chi connectivity index (χ3n) is 6.73. The normalized spacial score (nSPS) is 11.2. The summed E-state index contributed by atoms with van der Waals surface area (Å²) in [4.78, 5) is 24.4. The summed E-state index contributed by atoms with van der Waals surface area (Å²) in [6.45, 7) is 2.15. The smallest absolute Gasteiger partial charge is 0.259 e. The molecular formula is C32H42BrN5O2. The molecule has 1 heterocycles. The van der Waals surface area contributed by atoms with E-state index >= 15 is 0 Å². The van der Waals surface area contributed by atoms with Crippen molar-refractivity contribution >= 4 is 34.0 Å². The Hall–Kier alpha value is -3.26. The van der Waals surface area contributed by atoms with E-state index in [4.69, 9.17) is 5.10 Å². The van der Waals surface area contributed by atoms with Gasteiger partial charge in [0.25, 0.3) is 5.91 Å². The minimum Gasteiger partial charge on any atom is -0.347 e. The molecule has 7 nitrogen and oxygen atoms in total. The van der Waals surface area contributed by atoms with E-state index in [1.54, 1.807) is 10.9 Å². The van der Waals surface area contributed by atoms with E-state index in [-0.39, 0.29) is 18.4 Å². The Morgan fingerprint density at radius 2 is 1.48 bits per heavy atom. The number of benzene rings is 2. The van der Waals surface area contributed by atoms with Crippen LogP contribution in [-0.2, 0) is 9.59 Å². The van der Waals surface area contributed by atoms with Gasteiger partial charge in [-0.25, -0.2) is 10.1 Å². The number of rotatable bonds is 18. The fraction of sp³-hybridized carbons (Fsp3) is 0.438. The summed E-state index contributed by atoms with van der Waals surface area (Å²) in [5.41, 5.74) is 5.86. The van der Waals surface area contributed by atoms with Crippen LogP contribution in [0.1, 0.15) is 89.5 Å². The molecule has 40 heavy (non-hydrogen) atoms. The summed E-state index contributed by atoms with van der Waals surface area (Å²) in [7, 11) is 0. The quantitative estimate of drug-likeness (QED) is 0.0887. The lowest BCUT2D eigenvalue weighted by atomic mass is 10.1. The van der Waals surface area contributed by atoms with Gasteiger partial charge in [-0.3, -0.25) is 9.59 Å². The maximum atomic E-state index is 12.3. The summed E-state index contributed by atoms with van der Waals surface area (Å²) >= 11 is 3.47. The number of halogens is 1. The largest absolute Gasteiger partial charge is 0.347 e. The van der Waals surface area contributed by atoms with Crippen LogP contribution >= 0.6 is 15.9 Å². The number of aromatic nitrogens is 2. The predicted octanol–water partition coefficient (Wildman–Crippen LogP) is 7.57. The van der Waals surface area contributed by atoms with Gasteiger partial charge in [-0.15, -0.1) is 0 Å². The Kier molecular flexibility index (Phi) is 14.2. The van der Waals surface area contributed by atoms with Gasteiger partial charge in [0.1, 0.15) is 5.69 Å². The molecule has 0 saturated carbocycles. The highest BCUT2D eigenvalue weighted by molar-refractivity contribution is 9.10. The maximum Gasteiger partial charge on any atom is 0.259 e. The van der Waals surface area contributed by atoms with Gasteiger partial charge >= 0.3 is 0 Å². The Bertz CT molecular complexity index is 1190. The van der Waals surface area contributed by atoms with E-state index in [2.05, 4.69) is 38.7 Å². The van der Waals surface area contributed by atoms with Crippen LogP contribution in [0, 0.1) is 0 Å². The van der Waals surface area contributed by atoms with Crippen LogP contribution in [0.2, 0.25) is 0 Å². The number of unbranched alkanes of at least 4 members (excludes halogenated alkanes) is 10. The van der Waals surface area contributed by atoms with Crippen LogP contribution in [-0.4, -0.2) is 34.4 Å². The third-order valence-corrected chi connectivity index (χ3v) is 7.26. The van der Waals surface area contributed by atoms with Crippen LogP contribution in [0.15, 0.2) is 70.4 Å². The van der Waals surface area contributed by atoms with E-state index < -0.39 is 0 Å². The fourth-order valence-electron chi connectivity index (χ4n) is 4.46. The van der Waals surface area contributed by atoms with Crippen LogP contribution in [0.3, 0.4) is 0 Å². The average Bonchev–Trinajstić information content (AvgIpc) is 3.40. The lowest BCUT2D eigenvalue weighted by Gasteiger charge is -2.05. The Morgan fingerprint density at radius 1 is 0.850 bits per heavy atom. The first-order chi connectivity index (χ1) is 19.6. The first-order valence-electron chi connectivity index (χ1n) is 14.6. The number of carbonyl (C=O) groups is 2. The lowest BCUT2D eigenvalue weighted by Crippen LogP contribution is -2.34. The van der Waals surface area contributed by atoms with Gasteiger partial charge in [0.2, 0.25) is 5.91 Å². The van der Waals surface area contributed by atoms with Crippen molar-refractivity contribution in [1.82, 2.24) is 20.5 Å². The first kappa shape index (κ1) is 31.3. The summed E-state index contributed by atoms with van der Waals surface area (Å²) in [6.07, 6.45) is 17.5. The molecule has 0 saturated heterocycles. The molecule has 0 aliphatic heterocycles. The number of hydrogen-bond donors (Lipinski definition) is 2. The topological polar surface area (TPSA) is 88.4 Å². The number of nitrogens with one attached hydrogen (secondary N) is 2. The van der Waals surface area contributed by atoms with Crippen molar-refractivity contribution in [3.05, 3.63) is 70.8 Å². The second-order valence-electron chi connectivity index (χ2n) is 10.1. The Balaban J connectivity index is 1.38. The molecule has 0 radical (unpaired) electrons. The molecule has 0 aliphatic carbocycles.